The highest BCUT2D eigenvalue weighted by atomic mass is 15.2. The van der Waals surface area contributed by atoms with Crippen LogP contribution in [0.1, 0.15) is 46.0 Å². The second-order valence-electron chi connectivity index (χ2n) is 4.94. The van der Waals surface area contributed by atoms with Crippen molar-refractivity contribution in [1.29, 1.82) is 0 Å². The lowest BCUT2D eigenvalue weighted by Crippen LogP contribution is -2.38. The quantitative estimate of drug-likeness (QED) is 0.394. The number of rotatable bonds is 8. The molecule has 2 N–H and O–H groups in total. The van der Waals surface area contributed by atoms with Gasteiger partial charge in [-0.3, -0.25) is 4.99 Å². The van der Waals surface area contributed by atoms with E-state index in [1.54, 1.807) is 0 Å². The van der Waals surface area contributed by atoms with E-state index in [1.165, 1.54) is 51.7 Å². The van der Waals surface area contributed by atoms with Crippen LogP contribution in [0.5, 0.6) is 0 Å². The van der Waals surface area contributed by atoms with E-state index in [9.17, 15) is 0 Å². The Morgan fingerprint density at radius 2 is 1.89 bits per heavy atom. The highest BCUT2D eigenvalue weighted by Gasteiger charge is 2.09. The fourth-order valence-corrected chi connectivity index (χ4v) is 2.22. The minimum absolute atomic E-state index is 0.929. The van der Waals surface area contributed by atoms with Crippen molar-refractivity contribution in [2.45, 2.75) is 46.0 Å². The number of nitrogens with one attached hydrogen (secondary N) is 2. The molecule has 1 rings (SSSR count). The Kier molecular flexibility index (Phi) is 8.65. The number of guanidine groups is 1. The minimum atomic E-state index is 0.929. The molecule has 106 valence electrons. The highest BCUT2D eigenvalue weighted by Crippen LogP contribution is 2.07. The molecule has 0 atom stereocenters. The van der Waals surface area contributed by atoms with Gasteiger partial charge in [-0.15, -0.1) is 0 Å². The maximum atomic E-state index is 4.61. The Morgan fingerprint density at radius 3 is 2.56 bits per heavy atom. The molecular weight excluding hydrogens is 224 g/mol. The van der Waals surface area contributed by atoms with Crippen LogP contribution in [-0.2, 0) is 0 Å². The largest absolute Gasteiger partial charge is 0.357 e. The summed E-state index contributed by atoms with van der Waals surface area (Å²) in [4.78, 5) is 7.16. The highest BCUT2D eigenvalue weighted by molar-refractivity contribution is 5.79. The lowest BCUT2D eigenvalue weighted by atomic mass is 10.3. The van der Waals surface area contributed by atoms with Gasteiger partial charge in [0.2, 0.25) is 0 Å². The maximum Gasteiger partial charge on any atom is 0.191 e. The zero-order chi connectivity index (χ0) is 13.1. The van der Waals surface area contributed by atoms with E-state index in [4.69, 9.17) is 0 Å². The van der Waals surface area contributed by atoms with Crippen LogP contribution < -0.4 is 10.6 Å². The molecule has 1 aliphatic rings. The molecule has 1 saturated heterocycles. The summed E-state index contributed by atoms with van der Waals surface area (Å²) in [5, 5.41) is 6.67. The molecule has 4 nitrogen and oxygen atoms in total. The van der Waals surface area contributed by atoms with Gasteiger partial charge in [-0.05, 0) is 52.2 Å². The molecule has 0 unspecified atom stereocenters. The van der Waals surface area contributed by atoms with Crippen molar-refractivity contribution in [3.63, 3.8) is 0 Å². The van der Waals surface area contributed by atoms with E-state index in [1.807, 2.05) is 0 Å². The van der Waals surface area contributed by atoms with Crippen LogP contribution in [-0.4, -0.2) is 50.1 Å². The van der Waals surface area contributed by atoms with Crippen molar-refractivity contribution >= 4 is 5.96 Å². The summed E-state index contributed by atoms with van der Waals surface area (Å²) in [6, 6.07) is 0. The summed E-state index contributed by atoms with van der Waals surface area (Å²) in [5.41, 5.74) is 0. The second-order valence-corrected chi connectivity index (χ2v) is 4.94. The van der Waals surface area contributed by atoms with E-state index >= 15 is 0 Å². The SMILES string of the molecule is CCCCNC(=NCCCN1CCCC1)NCC. The molecule has 0 aromatic rings. The molecule has 4 heteroatoms. The third-order valence-electron chi connectivity index (χ3n) is 3.27. The molecule has 0 bridgehead atoms. The second kappa shape index (κ2) is 10.2. The van der Waals surface area contributed by atoms with Gasteiger partial charge >= 0.3 is 0 Å². The normalized spacial score (nSPS) is 17.1. The van der Waals surface area contributed by atoms with Crippen LogP contribution in [0.15, 0.2) is 4.99 Å². The van der Waals surface area contributed by atoms with Gasteiger partial charge in [0, 0.05) is 19.6 Å². The van der Waals surface area contributed by atoms with Crippen molar-refractivity contribution in [2.75, 3.05) is 39.3 Å². The molecular formula is C14H30N4. The zero-order valence-electron chi connectivity index (χ0n) is 12.2. The van der Waals surface area contributed by atoms with Gasteiger partial charge in [0.1, 0.15) is 0 Å². The van der Waals surface area contributed by atoms with Crippen LogP contribution in [0.4, 0.5) is 0 Å². The molecule has 0 saturated carbocycles. The molecule has 0 aromatic carbocycles. The number of hydrogen-bond acceptors (Lipinski definition) is 2. The first-order chi connectivity index (χ1) is 8.86. The summed E-state index contributed by atoms with van der Waals surface area (Å²) in [6.07, 6.45) is 6.36. The van der Waals surface area contributed by atoms with Crippen LogP contribution in [0, 0.1) is 0 Å². The predicted octanol–water partition coefficient (Wildman–Crippen LogP) is 1.83. The van der Waals surface area contributed by atoms with Gasteiger partial charge in [-0.1, -0.05) is 13.3 Å². The van der Waals surface area contributed by atoms with E-state index in [0.717, 1.165) is 25.6 Å². The van der Waals surface area contributed by atoms with Crippen molar-refractivity contribution in [3.05, 3.63) is 0 Å². The van der Waals surface area contributed by atoms with E-state index in [-0.39, 0.29) is 0 Å². The summed E-state index contributed by atoms with van der Waals surface area (Å²) in [6.45, 7) is 11.0. The lowest BCUT2D eigenvalue weighted by Gasteiger charge is -2.14. The molecule has 1 fully saturated rings. The first-order valence-corrected chi connectivity index (χ1v) is 7.61. The van der Waals surface area contributed by atoms with E-state index in [2.05, 4.69) is 34.4 Å². The Labute approximate surface area is 112 Å². The van der Waals surface area contributed by atoms with E-state index in [0.29, 0.717) is 0 Å². The summed E-state index contributed by atoms with van der Waals surface area (Å²) >= 11 is 0. The van der Waals surface area contributed by atoms with Crippen LogP contribution in [0.3, 0.4) is 0 Å². The molecule has 18 heavy (non-hydrogen) atoms. The predicted molar refractivity (Wildman–Crippen MR) is 79.2 cm³/mol. The minimum Gasteiger partial charge on any atom is -0.357 e. The van der Waals surface area contributed by atoms with Crippen molar-refractivity contribution in [2.24, 2.45) is 4.99 Å². The lowest BCUT2D eigenvalue weighted by molar-refractivity contribution is 0.336. The molecule has 0 radical (unpaired) electrons. The summed E-state index contributed by atoms with van der Waals surface area (Å²) in [5.74, 6) is 0.979. The van der Waals surface area contributed by atoms with Crippen LogP contribution in [0.25, 0.3) is 0 Å². The fraction of sp³-hybridized carbons (Fsp3) is 0.929. The molecule has 0 spiro atoms. The number of aliphatic imine (C=N–C) groups is 1. The van der Waals surface area contributed by atoms with E-state index < -0.39 is 0 Å². The standard InChI is InChI=1S/C14H30N4/c1-3-5-9-16-14(15-4-2)17-10-8-13-18-11-6-7-12-18/h3-13H2,1-2H3,(H2,15,16,17). The smallest absolute Gasteiger partial charge is 0.191 e. The average molecular weight is 254 g/mol. The Morgan fingerprint density at radius 1 is 1.11 bits per heavy atom. The van der Waals surface area contributed by atoms with Crippen molar-refractivity contribution in [1.82, 2.24) is 15.5 Å². The van der Waals surface area contributed by atoms with Gasteiger partial charge in [0.15, 0.2) is 5.96 Å². The molecule has 1 heterocycles. The van der Waals surface area contributed by atoms with Gasteiger partial charge in [0.25, 0.3) is 0 Å². The van der Waals surface area contributed by atoms with Gasteiger partial charge in [-0.2, -0.15) is 0 Å². The maximum absolute atomic E-state index is 4.61. The van der Waals surface area contributed by atoms with Crippen LogP contribution >= 0.6 is 0 Å². The number of nitrogens with zero attached hydrogens (tertiary/aromatic N) is 2. The summed E-state index contributed by atoms with van der Waals surface area (Å²) < 4.78 is 0. The topological polar surface area (TPSA) is 39.7 Å². The van der Waals surface area contributed by atoms with Gasteiger partial charge in [0.05, 0.1) is 0 Å². The number of likely N-dealkylation sites (tertiary alicyclic amines) is 1. The molecule has 0 aliphatic carbocycles. The zero-order valence-corrected chi connectivity index (χ0v) is 12.2. The third kappa shape index (κ3) is 6.84. The van der Waals surface area contributed by atoms with Crippen molar-refractivity contribution in [3.8, 4) is 0 Å². The first kappa shape index (κ1) is 15.3. The average Bonchev–Trinajstić information content (AvgIpc) is 2.88. The van der Waals surface area contributed by atoms with Gasteiger partial charge < -0.3 is 15.5 Å². The van der Waals surface area contributed by atoms with Crippen LogP contribution in [0.2, 0.25) is 0 Å². The Balaban J connectivity index is 2.13. The third-order valence-corrected chi connectivity index (χ3v) is 3.27. The molecule has 0 amide bonds. The van der Waals surface area contributed by atoms with Gasteiger partial charge in [-0.25, -0.2) is 0 Å². The molecule has 1 aliphatic heterocycles. The fourth-order valence-electron chi connectivity index (χ4n) is 2.22. The van der Waals surface area contributed by atoms with Crippen molar-refractivity contribution < 1.29 is 0 Å². The summed E-state index contributed by atoms with van der Waals surface area (Å²) in [7, 11) is 0. The number of unbranched alkanes of at least 4 members (excludes halogenated alkanes) is 1. The first-order valence-electron chi connectivity index (χ1n) is 7.61. The Hall–Kier alpha value is -0.770. The monoisotopic (exact) mass is 254 g/mol. The molecule has 0 aromatic heterocycles. The Bertz CT molecular complexity index is 222. The number of hydrogen-bond donors (Lipinski definition) is 2.